The average molecular weight is 318 g/mol. The number of rotatable bonds is 0. The fourth-order valence-electron chi connectivity index (χ4n) is 6.69. The molecule has 0 N–H and O–H groups in total. The fourth-order valence-corrected chi connectivity index (χ4v) is 6.69. The first kappa shape index (κ1) is 15.7. The first-order valence-electron chi connectivity index (χ1n) is 9.58. The SMILES string of the molecule is CC1CC2C3CCC4CC(=O)CCC4(C)C3CCC2(C)OC1=O. The maximum absolute atomic E-state index is 12.1. The van der Waals surface area contributed by atoms with Gasteiger partial charge in [0.05, 0.1) is 5.92 Å². The molecule has 4 aliphatic rings. The van der Waals surface area contributed by atoms with Gasteiger partial charge >= 0.3 is 5.97 Å². The molecule has 0 aromatic carbocycles. The minimum Gasteiger partial charge on any atom is -0.459 e. The van der Waals surface area contributed by atoms with Crippen molar-refractivity contribution in [2.75, 3.05) is 0 Å². The second-order valence-corrected chi connectivity index (χ2v) is 9.31. The highest BCUT2D eigenvalue weighted by molar-refractivity contribution is 5.79. The van der Waals surface area contributed by atoms with Gasteiger partial charge in [0.25, 0.3) is 0 Å². The van der Waals surface area contributed by atoms with E-state index in [1.807, 2.05) is 6.92 Å². The van der Waals surface area contributed by atoms with Crippen LogP contribution in [0.25, 0.3) is 0 Å². The van der Waals surface area contributed by atoms with Crippen molar-refractivity contribution in [3.05, 3.63) is 0 Å². The van der Waals surface area contributed by atoms with Crippen LogP contribution in [-0.2, 0) is 14.3 Å². The highest BCUT2D eigenvalue weighted by atomic mass is 16.6. The summed E-state index contributed by atoms with van der Waals surface area (Å²) in [5.41, 5.74) is 0.0985. The van der Waals surface area contributed by atoms with Crippen LogP contribution >= 0.6 is 0 Å². The number of fused-ring (bicyclic) bond motifs is 5. The zero-order valence-corrected chi connectivity index (χ0v) is 14.8. The number of esters is 1. The van der Waals surface area contributed by atoms with E-state index < -0.39 is 0 Å². The molecule has 0 amide bonds. The largest absolute Gasteiger partial charge is 0.459 e. The normalized spacial score (nSPS) is 52.9. The zero-order chi connectivity index (χ0) is 16.4. The molecule has 0 spiro atoms. The van der Waals surface area contributed by atoms with Gasteiger partial charge in [0.2, 0.25) is 0 Å². The Hall–Kier alpha value is -0.860. The first-order chi connectivity index (χ1) is 10.8. The van der Waals surface area contributed by atoms with Gasteiger partial charge in [-0.15, -0.1) is 0 Å². The van der Waals surface area contributed by atoms with Crippen molar-refractivity contribution in [1.82, 2.24) is 0 Å². The van der Waals surface area contributed by atoms with E-state index in [1.54, 1.807) is 0 Å². The predicted octanol–water partition coefficient (Wildman–Crippen LogP) is 4.14. The molecule has 0 aromatic heterocycles. The van der Waals surface area contributed by atoms with Gasteiger partial charge in [0.15, 0.2) is 0 Å². The second kappa shape index (κ2) is 5.07. The molecule has 0 radical (unpaired) electrons. The average Bonchev–Trinajstić information content (AvgIpc) is 2.49. The molecule has 0 aromatic rings. The molecular formula is C20H30O3. The number of hydrogen-bond donors (Lipinski definition) is 0. The Bertz CT molecular complexity index is 541. The Morgan fingerprint density at radius 3 is 2.61 bits per heavy atom. The molecule has 128 valence electrons. The van der Waals surface area contributed by atoms with Gasteiger partial charge in [0, 0.05) is 18.8 Å². The second-order valence-electron chi connectivity index (χ2n) is 9.31. The molecule has 0 bridgehead atoms. The van der Waals surface area contributed by atoms with Gasteiger partial charge in [0.1, 0.15) is 11.4 Å². The standard InChI is InChI=1S/C20H30O3/c1-12-10-17-15-5-4-13-11-14(21)6-8-19(13,2)16(15)7-9-20(17,3)23-18(12)22/h12-13,15-17H,4-11H2,1-3H3. The quantitative estimate of drug-likeness (QED) is 0.630. The van der Waals surface area contributed by atoms with Crippen molar-refractivity contribution in [2.24, 2.45) is 35.0 Å². The molecular weight excluding hydrogens is 288 g/mol. The molecule has 3 heteroatoms. The maximum Gasteiger partial charge on any atom is 0.309 e. The lowest BCUT2D eigenvalue weighted by molar-refractivity contribution is -0.209. The molecule has 4 fully saturated rings. The van der Waals surface area contributed by atoms with E-state index in [1.165, 1.54) is 19.3 Å². The van der Waals surface area contributed by atoms with Gasteiger partial charge in [-0.1, -0.05) is 13.8 Å². The van der Waals surface area contributed by atoms with Crippen LogP contribution in [0.5, 0.6) is 0 Å². The van der Waals surface area contributed by atoms with Gasteiger partial charge in [-0.3, -0.25) is 9.59 Å². The summed E-state index contributed by atoms with van der Waals surface area (Å²) in [5, 5.41) is 0. The van der Waals surface area contributed by atoms with E-state index in [2.05, 4.69) is 13.8 Å². The smallest absolute Gasteiger partial charge is 0.309 e. The van der Waals surface area contributed by atoms with Crippen molar-refractivity contribution >= 4 is 11.8 Å². The molecule has 3 saturated carbocycles. The molecule has 4 rings (SSSR count). The monoisotopic (exact) mass is 318 g/mol. The van der Waals surface area contributed by atoms with Crippen molar-refractivity contribution in [3.8, 4) is 0 Å². The van der Waals surface area contributed by atoms with Crippen molar-refractivity contribution in [1.29, 1.82) is 0 Å². The number of ketones is 1. The Labute approximate surface area is 139 Å². The minimum atomic E-state index is -0.238. The van der Waals surface area contributed by atoms with E-state index in [4.69, 9.17) is 4.74 Å². The number of carbonyl (C=O) groups is 2. The van der Waals surface area contributed by atoms with E-state index in [0.29, 0.717) is 29.0 Å². The number of hydrogen-bond acceptors (Lipinski definition) is 3. The summed E-state index contributed by atoms with van der Waals surface area (Å²) in [6.07, 6.45) is 8.26. The lowest BCUT2D eigenvalue weighted by atomic mass is 9.45. The molecule has 3 nitrogen and oxygen atoms in total. The van der Waals surface area contributed by atoms with Crippen LogP contribution in [0.4, 0.5) is 0 Å². The van der Waals surface area contributed by atoms with Crippen LogP contribution in [-0.4, -0.2) is 17.4 Å². The number of carbonyl (C=O) groups excluding carboxylic acids is 2. The van der Waals surface area contributed by atoms with Crippen LogP contribution < -0.4 is 0 Å². The predicted molar refractivity (Wildman–Crippen MR) is 87.7 cm³/mol. The highest BCUT2D eigenvalue weighted by Crippen LogP contribution is 2.63. The van der Waals surface area contributed by atoms with Crippen molar-refractivity contribution < 1.29 is 14.3 Å². The molecule has 1 saturated heterocycles. The molecule has 1 heterocycles. The lowest BCUT2D eigenvalue weighted by Gasteiger charge is -2.61. The number of ether oxygens (including phenoxy) is 1. The van der Waals surface area contributed by atoms with Gasteiger partial charge in [-0.25, -0.2) is 0 Å². The summed E-state index contributed by atoms with van der Waals surface area (Å²) in [7, 11) is 0. The Morgan fingerprint density at radius 2 is 1.83 bits per heavy atom. The van der Waals surface area contributed by atoms with Crippen molar-refractivity contribution in [3.63, 3.8) is 0 Å². The lowest BCUT2D eigenvalue weighted by Crippen LogP contribution is -2.59. The van der Waals surface area contributed by atoms with Crippen LogP contribution in [0.1, 0.15) is 72.1 Å². The third kappa shape index (κ3) is 2.21. The molecule has 3 aliphatic carbocycles. The highest BCUT2D eigenvalue weighted by Gasteiger charge is 2.59. The van der Waals surface area contributed by atoms with E-state index >= 15 is 0 Å². The maximum atomic E-state index is 12.1. The van der Waals surface area contributed by atoms with Gasteiger partial charge < -0.3 is 4.74 Å². The first-order valence-corrected chi connectivity index (χ1v) is 9.58. The third-order valence-corrected chi connectivity index (χ3v) is 8.16. The Kier molecular flexibility index (Phi) is 3.45. The van der Waals surface area contributed by atoms with Crippen LogP contribution in [0.3, 0.4) is 0 Å². The van der Waals surface area contributed by atoms with E-state index in [9.17, 15) is 9.59 Å². The van der Waals surface area contributed by atoms with E-state index in [-0.39, 0.29) is 17.5 Å². The summed E-state index contributed by atoms with van der Waals surface area (Å²) in [4.78, 5) is 24.0. The Morgan fingerprint density at radius 1 is 1.04 bits per heavy atom. The summed E-state index contributed by atoms with van der Waals surface area (Å²) < 4.78 is 5.93. The molecule has 7 atom stereocenters. The summed E-state index contributed by atoms with van der Waals surface area (Å²) >= 11 is 0. The van der Waals surface area contributed by atoms with Crippen molar-refractivity contribution in [2.45, 2.75) is 77.7 Å². The van der Waals surface area contributed by atoms with Gasteiger partial charge in [-0.05, 0) is 68.6 Å². The summed E-state index contributed by atoms with van der Waals surface area (Å²) in [6.45, 7) is 6.66. The Balaban J connectivity index is 1.63. The molecule has 23 heavy (non-hydrogen) atoms. The van der Waals surface area contributed by atoms with Crippen LogP contribution in [0, 0.1) is 35.0 Å². The molecule has 7 unspecified atom stereocenters. The molecule has 1 aliphatic heterocycles. The fraction of sp³-hybridized carbons (Fsp3) is 0.900. The zero-order valence-electron chi connectivity index (χ0n) is 14.8. The minimum absolute atomic E-state index is 0.00496. The third-order valence-electron chi connectivity index (χ3n) is 8.16. The van der Waals surface area contributed by atoms with Crippen LogP contribution in [0.15, 0.2) is 0 Å². The summed E-state index contributed by atoms with van der Waals surface area (Å²) in [6, 6.07) is 0. The summed E-state index contributed by atoms with van der Waals surface area (Å²) in [5.74, 6) is 3.04. The number of Topliss-reactive ketones (excluding diaryl/α,β-unsaturated/α-hetero) is 1. The van der Waals surface area contributed by atoms with Crippen LogP contribution in [0.2, 0.25) is 0 Å². The van der Waals surface area contributed by atoms with Gasteiger partial charge in [-0.2, -0.15) is 0 Å². The topological polar surface area (TPSA) is 43.4 Å². The van der Waals surface area contributed by atoms with E-state index in [0.717, 1.165) is 38.0 Å².